The largest absolute Gasteiger partial charge is 0.387 e. The second-order valence-corrected chi connectivity index (χ2v) is 5.42. The van der Waals surface area contributed by atoms with Crippen molar-refractivity contribution in [3.05, 3.63) is 0 Å². The average molecular weight is 227 g/mol. The molecule has 0 bridgehead atoms. The molecule has 2 fully saturated rings. The fourth-order valence-corrected chi connectivity index (χ4v) is 2.84. The van der Waals surface area contributed by atoms with Gasteiger partial charge in [-0.3, -0.25) is 0 Å². The van der Waals surface area contributed by atoms with E-state index in [0.717, 1.165) is 45.3 Å². The van der Waals surface area contributed by atoms with Gasteiger partial charge in [-0.15, -0.1) is 0 Å². The first-order valence-electron chi connectivity index (χ1n) is 6.82. The smallest absolute Gasteiger partial charge is 0.0880 e. The van der Waals surface area contributed by atoms with Crippen molar-refractivity contribution in [1.29, 1.82) is 0 Å². The van der Waals surface area contributed by atoms with Gasteiger partial charge in [-0.2, -0.15) is 0 Å². The van der Waals surface area contributed by atoms with Crippen LogP contribution in [0.25, 0.3) is 0 Å². The van der Waals surface area contributed by atoms with Gasteiger partial charge in [0.2, 0.25) is 0 Å². The molecule has 3 heteroatoms. The third-order valence-corrected chi connectivity index (χ3v) is 3.93. The molecular formula is C13H25NO2. The number of hydrogen-bond donors (Lipinski definition) is 2. The fourth-order valence-electron chi connectivity index (χ4n) is 2.84. The molecule has 0 spiro atoms. The molecule has 2 aliphatic rings. The summed E-state index contributed by atoms with van der Waals surface area (Å²) in [4.78, 5) is 0. The van der Waals surface area contributed by atoms with Crippen LogP contribution in [0.2, 0.25) is 0 Å². The number of rotatable bonds is 5. The maximum atomic E-state index is 10.1. The normalized spacial score (nSPS) is 29.4. The summed E-state index contributed by atoms with van der Waals surface area (Å²) in [5.41, 5.74) is -0.500. The van der Waals surface area contributed by atoms with Crippen LogP contribution in [0.5, 0.6) is 0 Å². The molecule has 0 aromatic rings. The lowest BCUT2D eigenvalue weighted by atomic mass is 10.0. The molecule has 1 aliphatic heterocycles. The van der Waals surface area contributed by atoms with Crippen molar-refractivity contribution in [3.8, 4) is 0 Å². The van der Waals surface area contributed by atoms with Gasteiger partial charge in [0.1, 0.15) is 0 Å². The minimum Gasteiger partial charge on any atom is -0.387 e. The Labute approximate surface area is 98.6 Å². The van der Waals surface area contributed by atoms with E-state index in [0.29, 0.717) is 12.6 Å². The van der Waals surface area contributed by atoms with Crippen molar-refractivity contribution in [1.82, 2.24) is 5.32 Å². The highest BCUT2D eigenvalue weighted by atomic mass is 16.5. The monoisotopic (exact) mass is 227 g/mol. The first-order chi connectivity index (χ1) is 7.79. The molecule has 0 amide bonds. The lowest BCUT2D eigenvalue weighted by molar-refractivity contribution is -0.0432. The maximum Gasteiger partial charge on any atom is 0.0880 e. The molecule has 0 aromatic carbocycles. The van der Waals surface area contributed by atoms with Gasteiger partial charge in [-0.05, 0) is 38.6 Å². The zero-order valence-corrected chi connectivity index (χ0v) is 10.2. The molecule has 16 heavy (non-hydrogen) atoms. The van der Waals surface area contributed by atoms with E-state index in [9.17, 15) is 5.11 Å². The van der Waals surface area contributed by atoms with Gasteiger partial charge in [0.05, 0.1) is 12.2 Å². The lowest BCUT2D eigenvalue weighted by Crippen LogP contribution is -2.36. The Balaban J connectivity index is 1.54. The molecule has 0 aromatic heterocycles. The number of nitrogens with one attached hydrogen (secondary N) is 1. The summed E-state index contributed by atoms with van der Waals surface area (Å²) in [6.45, 7) is 2.49. The summed E-state index contributed by atoms with van der Waals surface area (Å²) < 4.78 is 5.63. The zero-order valence-electron chi connectivity index (χ0n) is 10.2. The zero-order chi connectivity index (χ0) is 11.3. The average Bonchev–Trinajstić information content (AvgIpc) is 2.74. The molecular weight excluding hydrogens is 202 g/mol. The van der Waals surface area contributed by atoms with Crippen LogP contribution in [0.3, 0.4) is 0 Å². The molecule has 1 unspecified atom stereocenters. The van der Waals surface area contributed by atoms with Gasteiger partial charge >= 0.3 is 0 Å². The van der Waals surface area contributed by atoms with Gasteiger partial charge in [0.15, 0.2) is 0 Å². The predicted molar refractivity (Wildman–Crippen MR) is 64.5 cm³/mol. The lowest BCUT2D eigenvalue weighted by Gasteiger charge is -2.25. The Morgan fingerprint density at radius 1 is 1.19 bits per heavy atom. The van der Waals surface area contributed by atoms with Crippen LogP contribution in [0.1, 0.15) is 51.4 Å². The standard InChI is InChI=1S/C13H25NO2/c15-13(7-2-3-8-13)11-16-10-6-12-5-1-4-9-14-12/h12,14-15H,1-11H2. The summed E-state index contributed by atoms with van der Waals surface area (Å²) in [6.07, 6.45) is 9.21. The van der Waals surface area contributed by atoms with Gasteiger partial charge in [-0.1, -0.05) is 19.3 Å². The maximum absolute atomic E-state index is 10.1. The summed E-state index contributed by atoms with van der Waals surface area (Å²) in [6, 6.07) is 0.645. The van der Waals surface area contributed by atoms with Crippen LogP contribution in [0.4, 0.5) is 0 Å². The quantitative estimate of drug-likeness (QED) is 0.704. The van der Waals surface area contributed by atoms with Gasteiger partial charge < -0.3 is 15.2 Å². The highest BCUT2D eigenvalue weighted by Gasteiger charge is 2.31. The van der Waals surface area contributed by atoms with Crippen LogP contribution in [0.15, 0.2) is 0 Å². The highest BCUT2D eigenvalue weighted by molar-refractivity contribution is 4.83. The number of piperidine rings is 1. The van der Waals surface area contributed by atoms with E-state index in [4.69, 9.17) is 4.74 Å². The van der Waals surface area contributed by atoms with E-state index in [2.05, 4.69) is 5.32 Å². The number of aliphatic hydroxyl groups is 1. The van der Waals surface area contributed by atoms with Crippen molar-refractivity contribution < 1.29 is 9.84 Å². The highest BCUT2D eigenvalue weighted by Crippen LogP contribution is 2.29. The summed E-state index contributed by atoms with van der Waals surface area (Å²) in [5.74, 6) is 0. The molecule has 2 rings (SSSR count). The van der Waals surface area contributed by atoms with Crippen molar-refractivity contribution in [2.75, 3.05) is 19.8 Å². The molecule has 3 nitrogen and oxygen atoms in total. The predicted octanol–water partition coefficient (Wildman–Crippen LogP) is 1.84. The van der Waals surface area contributed by atoms with E-state index in [1.165, 1.54) is 19.3 Å². The Morgan fingerprint density at radius 2 is 2.00 bits per heavy atom. The van der Waals surface area contributed by atoms with E-state index >= 15 is 0 Å². The third kappa shape index (κ3) is 3.72. The first-order valence-corrected chi connectivity index (χ1v) is 6.82. The van der Waals surface area contributed by atoms with Crippen LogP contribution in [0, 0.1) is 0 Å². The minimum atomic E-state index is -0.500. The Hall–Kier alpha value is -0.120. The van der Waals surface area contributed by atoms with Crippen molar-refractivity contribution in [2.24, 2.45) is 0 Å². The van der Waals surface area contributed by atoms with E-state index in [1.807, 2.05) is 0 Å². The SMILES string of the molecule is OC1(COCCC2CCCCN2)CCCC1. The third-order valence-electron chi connectivity index (χ3n) is 3.93. The second kappa shape index (κ2) is 5.99. The van der Waals surface area contributed by atoms with Crippen LogP contribution < -0.4 is 5.32 Å². The molecule has 1 saturated carbocycles. The summed E-state index contributed by atoms with van der Waals surface area (Å²) in [7, 11) is 0. The van der Waals surface area contributed by atoms with E-state index in [-0.39, 0.29) is 0 Å². The van der Waals surface area contributed by atoms with Crippen molar-refractivity contribution in [2.45, 2.75) is 63.0 Å². The molecule has 2 N–H and O–H groups in total. The van der Waals surface area contributed by atoms with Crippen LogP contribution in [-0.4, -0.2) is 36.5 Å². The second-order valence-electron chi connectivity index (χ2n) is 5.42. The molecule has 0 radical (unpaired) electrons. The topological polar surface area (TPSA) is 41.5 Å². The van der Waals surface area contributed by atoms with E-state index < -0.39 is 5.60 Å². The molecule has 1 saturated heterocycles. The number of hydrogen-bond acceptors (Lipinski definition) is 3. The van der Waals surface area contributed by atoms with Crippen molar-refractivity contribution in [3.63, 3.8) is 0 Å². The van der Waals surface area contributed by atoms with E-state index in [1.54, 1.807) is 0 Å². The Morgan fingerprint density at radius 3 is 2.69 bits per heavy atom. The minimum absolute atomic E-state index is 0.500. The van der Waals surface area contributed by atoms with Gasteiger partial charge in [0, 0.05) is 12.6 Å². The first kappa shape index (κ1) is 12.3. The van der Waals surface area contributed by atoms with Crippen molar-refractivity contribution >= 4 is 0 Å². The Bertz CT molecular complexity index is 196. The summed E-state index contributed by atoms with van der Waals surface area (Å²) in [5, 5.41) is 13.6. The van der Waals surface area contributed by atoms with Gasteiger partial charge in [-0.25, -0.2) is 0 Å². The molecule has 1 aliphatic carbocycles. The van der Waals surface area contributed by atoms with Gasteiger partial charge in [0.25, 0.3) is 0 Å². The molecule has 94 valence electrons. The Kier molecular flexibility index (Phi) is 4.62. The fraction of sp³-hybridized carbons (Fsp3) is 1.00. The molecule has 1 heterocycles. The van der Waals surface area contributed by atoms with Crippen LogP contribution >= 0.6 is 0 Å². The summed E-state index contributed by atoms with van der Waals surface area (Å²) >= 11 is 0. The molecule has 1 atom stereocenters. The van der Waals surface area contributed by atoms with Crippen LogP contribution in [-0.2, 0) is 4.74 Å². The number of ether oxygens (including phenoxy) is 1.